The lowest BCUT2D eigenvalue weighted by Gasteiger charge is -2.17. The maximum atomic E-state index is 11.3. The molecule has 1 amide bonds. The third kappa shape index (κ3) is 4.58. The van der Waals surface area contributed by atoms with E-state index in [0.29, 0.717) is 6.61 Å². The number of ether oxygens (including phenoxy) is 3. The molecule has 1 heterocycles. The SMILES string of the molecule is C=CCOC(=O)NC1CC(=O)OC1OC/C=C/C. The van der Waals surface area contributed by atoms with Crippen LogP contribution in [0.25, 0.3) is 0 Å². The lowest BCUT2D eigenvalue weighted by molar-refractivity contribution is -0.162. The van der Waals surface area contributed by atoms with Gasteiger partial charge in [0, 0.05) is 0 Å². The van der Waals surface area contributed by atoms with Crippen LogP contribution in [0.3, 0.4) is 0 Å². The summed E-state index contributed by atoms with van der Waals surface area (Å²) in [5, 5.41) is 2.52. The van der Waals surface area contributed by atoms with Crippen molar-refractivity contribution in [3.05, 3.63) is 24.8 Å². The number of carbonyl (C=O) groups is 2. The Morgan fingerprint density at radius 1 is 1.61 bits per heavy atom. The molecule has 0 radical (unpaired) electrons. The predicted octanol–water partition coefficient (Wildman–Crippen LogP) is 1.13. The highest BCUT2D eigenvalue weighted by Crippen LogP contribution is 2.16. The normalized spacial score (nSPS) is 22.8. The molecule has 1 saturated heterocycles. The molecule has 0 aromatic heterocycles. The maximum absolute atomic E-state index is 11.3. The Bertz CT molecular complexity index is 339. The van der Waals surface area contributed by atoms with E-state index >= 15 is 0 Å². The molecule has 0 aromatic rings. The standard InChI is InChI=1S/C12H17NO5/c1-3-5-7-16-11-9(8-10(14)18-11)13-12(15)17-6-4-2/h3-5,9,11H,2,6-8H2,1H3,(H,13,15)/b5-3+. The van der Waals surface area contributed by atoms with Gasteiger partial charge in [-0.2, -0.15) is 0 Å². The van der Waals surface area contributed by atoms with Crippen molar-refractivity contribution in [1.29, 1.82) is 0 Å². The zero-order valence-corrected chi connectivity index (χ0v) is 10.3. The summed E-state index contributed by atoms with van der Waals surface area (Å²) in [4.78, 5) is 22.5. The largest absolute Gasteiger partial charge is 0.445 e. The minimum Gasteiger partial charge on any atom is -0.445 e. The lowest BCUT2D eigenvalue weighted by Crippen LogP contribution is -2.42. The fourth-order valence-corrected chi connectivity index (χ4v) is 1.38. The van der Waals surface area contributed by atoms with Crippen LogP contribution >= 0.6 is 0 Å². The fraction of sp³-hybridized carbons (Fsp3) is 0.500. The van der Waals surface area contributed by atoms with E-state index in [4.69, 9.17) is 14.2 Å². The second-order valence-electron chi connectivity index (χ2n) is 3.60. The zero-order chi connectivity index (χ0) is 13.4. The second kappa shape index (κ2) is 7.50. The number of hydrogen-bond donors (Lipinski definition) is 1. The first kappa shape index (κ1) is 14.2. The van der Waals surface area contributed by atoms with Gasteiger partial charge in [-0.3, -0.25) is 4.79 Å². The number of alkyl carbamates (subject to hydrolysis) is 1. The molecule has 0 saturated carbocycles. The third-order valence-corrected chi connectivity index (χ3v) is 2.19. The predicted molar refractivity (Wildman–Crippen MR) is 63.7 cm³/mol. The van der Waals surface area contributed by atoms with E-state index in [1.165, 1.54) is 6.08 Å². The summed E-state index contributed by atoms with van der Waals surface area (Å²) in [6.07, 6.45) is 3.72. The van der Waals surface area contributed by atoms with E-state index in [1.54, 1.807) is 6.08 Å². The van der Waals surface area contributed by atoms with Gasteiger partial charge in [0.15, 0.2) is 0 Å². The summed E-state index contributed by atoms with van der Waals surface area (Å²) in [7, 11) is 0. The van der Waals surface area contributed by atoms with Crippen molar-refractivity contribution in [3.8, 4) is 0 Å². The summed E-state index contributed by atoms with van der Waals surface area (Å²) >= 11 is 0. The van der Waals surface area contributed by atoms with Crippen molar-refractivity contribution in [2.75, 3.05) is 13.2 Å². The van der Waals surface area contributed by atoms with Crippen molar-refractivity contribution in [1.82, 2.24) is 5.32 Å². The van der Waals surface area contributed by atoms with Crippen molar-refractivity contribution in [2.24, 2.45) is 0 Å². The van der Waals surface area contributed by atoms with Gasteiger partial charge in [-0.1, -0.05) is 24.8 Å². The molecular weight excluding hydrogens is 238 g/mol. The van der Waals surface area contributed by atoms with E-state index in [1.807, 2.05) is 13.0 Å². The van der Waals surface area contributed by atoms with Crippen molar-refractivity contribution in [2.45, 2.75) is 25.7 Å². The van der Waals surface area contributed by atoms with Crippen LogP contribution in [0.5, 0.6) is 0 Å². The highest BCUT2D eigenvalue weighted by Gasteiger charge is 2.36. The minimum atomic E-state index is -0.773. The van der Waals surface area contributed by atoms with Crippen molar-refractivity contribution < 1.29 is 23.8 Å². The molecule has 6 heteroatoms. The molecule has 100 valence electrons. The van der Waals surface area contributed by atoms with Gasteiger partial charge in [-0.25, -0.2) is 4.79 Å². The molecule has 0 bridgehead atoms. The van der Waals surface area contributed by atoms with Gasteiger partial charge in [0.2, 0.25) is 6.29 Å². The monoisotopic (exact) mass is 255 g/mol. The molecule has 0 aliphatic carbocycles. The van der Waals surface area contributed by atoms with E-state index in [2.05, 4.69) is 11.9 Å². The summed E-state index contributed by atoms with van der Waals surface area (Å²) in [6.45, 7) is 5.70. The smallest absolute Gasteiger partial charge is 0.407 e. The Kier molecular flexibility index (Phi) is 5.93. The second-order valence-corrected chi connectivity index (χ2v) is 3.60. The van der Waals surface area contributed by atoms with Crippen LogP contribution in [0.15, 0.2) is 24.8 Å². The van der Waals surface area contributed by atoms with Crippen molar-refractivity contribution >= 4 is 12.1 Å². The molecular formula is C12H17NO5. The number of hydrogen-bond acceptors (Lipinski definition) is 5. The highest BCUT2D eigenvalue weighted by molar-refractivity contribution is 5.75. The van der Waals surface area contributed by atoms with Crippen LogP contribution in [0.2, 0.25) is 0 Å². The summed E-state index contributed by atoms with van der Waals surface area (Å²) in [5.74, 6) is -0.408. The zero-order valence-electron chi connectivity index (χ0n) is 10.3. The molecule has 1 aliphatic rings. The summed E-state index contributed by atoms with van der Waals surface area (Å²) < 4.78 is 15.0. The van der Waals surface area contributed by atoms with Gasteiger partial charge < -0.3 is 19.5 Å². The topological polar surface area (TPSA) is 73.9 Å². The van der Waals surface area contributed by atoms with Gasteiger partial charge >= 0.3 is 12.1 Å². The van der Waals surface area contributed by atoms with Gasteiger partial charge in [0.05, 0.1) is 13.0 Å². The number of allylic oxidation sites excluding steroid dienone is 1. The highest BCUT2D eigenvalue weighted by atomic mass is 16.7. The van der Waals surface area contributed by atoms with Crippen molar-refractivity contribution in [3.63, 3.8) is 0 Å². The lowest BCUT2D eigenvalue weighted by atomic mass is 10.2. The average molecular weight is 255 g/mol. The Labute approximate surface area is 106 Å². The molecule has 6 nitrogen and oxygen atoms in total. The first-order valence-electron chi connectivity index (χ1n) is 5.63. The van der Waals surface area contributed by atoms with E-state index in [-0.39, 0.29) is 13.0 Å². The van der Waals surface area contributed by atoms with Gasteiger partial charge in [0.1, 0.15) is 12.6 Å². The number of rotatable bonds is 6. The first-order chi connectivity index (χ1) is 8.67. The molecule has 2 atom stereocenters. The quantitative estimate of drug-likeness (QED) is 0.569. The molecule has 1 N–H and O–H groups in total. The number of amides is 1. The average Bonchev–Trinajstić information content (AvgIpc) is 2.67. The van der Waals surface area contributed by atoms with E-state index in [0.717, 1.165) is 0 Å². The summed E-state index contributed by atoms with van der Waals surface area (Å²) in [5.41, 5.74) is 0. The first-order valence-corrected chi connectivity index (χ1v) is 5.63. The van der Waals surface area contributed by atoms with E-state index < -0.39 is 24.4 Å². The van der Waals surface area contributed by atoms with Crippen LogP contribution in [-0.2, 0) is 19.0 Å². The Balaban J connectivity index is 2.42. The Morgan fingerprint density at radius 2 is 2.39 bits per heavy atom. The summed E-state index contributed by atoms with van der Waals surface area (Å²) in [6, 6.07) is -0.528. The van der Waals surface area contributed by atoms with Crippen LogP contribution < -0.4 is 5.32 Å². The molecule has 0 spiro atoms. The molecule has 2 unspecified atom stereocenters. The van der Waals surface area contributed by atoms with Crippen LogP contribution in [0.4, 0.5) is 4.79 Å². The molecule has 18 heavy (non-hydrogen) atoms. The molecule has 1 fully saturated rings. The Morgan fingerprint density at radius 3 is 3.06 bits per heavy atom. The molecule has 0 aromatic carbocycles. The van der Waals surface area contributed by atoms with Crippen LogP contribution in [0, 0.1) is 0 Å². The Hall–Kier alpha value is -1.82. The maximum Gasteiger partial charge on any atom is 0.407 e. The molecule has 1 rings (SSSR count). The van der Waals surface area contributed by atoms with Crippen LogP contribution in [0.1, 0.15) is 13.3 Å². The third-order valence-electron chi connectivity index (χ3n) is 2.19. The number of esters is 1. The fourth-order valence-electron chi connectivity index (χ4n) is 1.38. The van der Waals surface area contributed by atoms with Gasteiger partial charge in [0.25, 0.3) is 0 Å². The minimum absolute atomic E-state index is 0.0731. The number of nitrogens with one attached hydrogen (secondary N) is 1. The van der Waals surface area contributed by atoms with Gasteiger partial charge in [-0.05, 0) is 6.92 Å². The number of carbonyl (C=O) groups excluding carboxylic acids is 2. The van der Waals surface area contributed by atoms with E-state index in [9.17, 15) is 9.59 Å². The van der Waals surface area contributed by atoms with Gasteiger partial charge in [-0.15, -0.1) is 0 Å². The number of cyclic esters (lactones) is 1. The van der Waals surface area contributed by atoms with Crippen LogP contribution in [-0.4, -0.2) is 37.6 Å². The molecule has 1 aliphatic heterocycles.